The maximum Gasteiger partial charge on any atom is 0.225 e. The largest absolute Gasteiger partial charge is 0.416 e. The monoisotopic (exact) mass is 103 g/mol. The van der Waals surface area contributed by atoms with Crippen LogP contribution in [0.5, 0.6) is 0 Å². The summed E-state index contributed by atoms with van der Waals surface area (Å²) in [5, 5.41) is 0. The standard InChI is InChI=1S/C3H7O2Si/c1-6-5-3-2-4/h3,6H2,1H3. The molecule has 0 aromatic carbocycles. The van der Waals surface area contributed by atoms with Gasteiger partial charge < -0.3 is 4.43 Å². The van der Waals surface area contributed by atoms with Gasteiger partial charge in [-0.2, -0.15) is 0 Å². The molecule has 0 heterocycles. The summed E-state index contributed by atoms with van der Waals surface area (Å²) >= 11 is 0. The van der Waals surface area contributed by atoms with Crippen LogP contribution in [0.3, 0.4) is 0 Å². The Morgan fingerprint density at radius 3 is 2.83 bits per heavy atom. The maximum atomic E-state index is 9.34. The van der Waals surface area contributed by atoms with Crippen molar-refractivity contribution in [3.8, 4) is 0 Å². The Morgan fingerprint density at radius 2 is 2.67 bits per heavy atom. The quantitative estimate of drug-likeness (QED) is 0.347. The van der Waals surface area contributed by atoms with Gasteiger partial charge in [0.15, 0.2) is 9.76 Å². The average molecular weight is 103 g/mol. The zero-order valence-corrected chi connectivity index (χ0v) is 5.14. The van der Waals surface area contributed by atoms with Crippen LogP contribution in [-0.4, -0.2) is 22.7 Å². The molecule has 0 bridgehead atoms. The van der Waals surface area contributed by atoms with E-state index in [0.717, 1.165) is 0 Å². The molecule has 0 saturated heterocycles. The summed E-state index contributed by atoms with van der Waals surface area (Å²) in [4.78, 5) is 9.34. The highest BCUT2D eigenvalue weighted by Gasteiger charge is 1.74. The number of rotatable bonds is 3. The smallest absolute Gasteiger partial charge is 0.225 e. The van der Waals surface area contributed by atoms with Crippen molar-refractivity contribution in [2.45, 2.75) is 6.55 Å². The number of hydrogen-bond donors (Lipinski definition) is 0. The predicted octanol–water partition coefficient (Wildman–Crippen LogP) is -0.755. The molecule has 0 aromatic heterocycles. The van der Waals surface area contributed by atoms with Crippen molar-refractivity contribution in [1.82, 2.24) is 0 Å². The van der Waals surface area contributed by atoms with E-state index < -0.39 is 0 Å². The van der Waals surface area contributed by atoms with Crippen molar-refractivity contribution in [2.75, 3.05) is 6.61 Å². The molecule has 0 rings (SSSR count). The third-order valence-electron chi connectivity index (χ3n) is 0.365. The van der Waals surface area contributed by atoms with Crippen LogP contribution in [0.4, 0.5) is 0 Å². The fraction of sp³-hybridized carbons (Fsp3) is 0.667. The highest BCUT2D eigenvalue weighted by Crippen LogP contribution is 1.60. The van der Waals surface area contributed by atoms with Gasteiger partial charge in [-0.1, -0.05) is 6.55 Å². The van der Waals surface area contributed by atoms with Crippen LogP contribution in [0, 0.1) is 0 Å². The van der Waals surface area contributed by atoms with E-state index in [1.807, 2.05) is 6.55 Å². The van der Waals surface area contributed by atoms with E-state index in [1.165, 1.54) is 0 Å². The van der Waals surface area contributed by atoms with Gasteiger partial charge in [-0.15, -0.1) is 0 Å². The zero-order chi connectivity index (χ0) is 4.83. The number of hydrogen-bond acceptors (Lipinski definition) is 2. The average Bonchev–Trinajstić information content (AvgIpc) is 1.61. The van der Waals surface area contributed by atoms with Crippen LogP contribution >= 0.6 is 0 Å². The minimum atomic E-state index is -0.360. The second-order valence-corrected chi connectivity index (χ2v) is 1.77. The lowest BCUT2D eigenvalue weighted by atomic mass is 10.9. The van der Waals surface area contributed by atoms with E-state index in [2.05, 4.69) is 0 Å². The van der Waals surface area contributed by atoms with Crippen LogP contribution < -0.4 is 0 Å². The molecule has 0 N–H and O–H groups in total. The molecule has 35 valence electrons. The second-order valence-electron chi connectivity index (χ2n) is 0.781. The molecule has 0 unspecified atom stereocenters. The van der Waals surface area contributed by atoms with Gasteiger partial charge in [-0.05, 0) is 0 Å². The van der Waals surface area contributed by atoms with Gasteiger partial charge in [0, 0.05) is 0 Å². The molecule has 0 aliphatic carbocycles. The zero-order valence-electron chi connectivity index (χ0n) is 3.73. The fourth-order valence-electron chi connectivity index (χ4n) is 0.144. The highest BCUT2D eigenvalue weighted by atomic mass is 28.2. The first-order valence-corrected chi connectivity index (χ1v) is 3.83. The van der Waals surface area contributed by atoms with Crippen LogP contribution in [0.1, 0.15) is 0 Å². The van der Waals surface area contributed by atoms with E-state index in [9.17, 15) is 4.79 Å². The van der Waals surface area contributed by atoms with Gasteiger partial charge in [0.1, 0.15) is 0 Å². The molecule has 0 spiro atoms. The summed E-state index contributed by atoms with van der Waals surface area (Å²) in [7, 11) is -0.360. The van der Waals surface area contributed by atoms with Gasteiger partial charge in [-0.25, -0.2) is 0 Å². The summed E-state index contributed by atoms with van der Waals surface area (Å²) in [5.41, 5.74) is 0. The lowest BCUT2D eigenvalue weighted by Gasteiger charge is -1.84. The van der Waals surface area contributed by atoms with Crippen molar-refractivity contribution in [2.24, 2.45) is 0 Å². The van der Waals surface area contributed by atoms with Crippen LogP contribution in [0.2, 0.25) is 6.55 Å². The summed E-state index contributed by atoms with van der Waals surface area (Å²) in [6.45, 7) is 2.14. The third kappa shape index (κ3) is 3.85. The Labute approximate surface area is 39.4 Å². The van der Waals surface area contributed by atoms with E-state index in [-0.39, 0.29) is 16.4 Å². The molecule has 0 saturated carbocycles. The Morgan fingerprint density at radius 1 is 2.00 bits per heavy atom. The second kappa shape index (κ2) is 4.85. The lowest BCUT2D eigenvalue weighted by Crippen LogP contribution is -1.95. The van der Waals surface area contributed by atoms with Crippen LogP contribution in [0.15, 0.2) is 0 Å². The third-order valence-corrected chi connectivity index (χ3v) is 0.977. The van der Waals surface area contributed by atoms with E-state index in [4.69, 9.17) is 4.43 Å². The Hall–Kier alpha value is -0.153. The van der Waals surface area contributed by atoms with Crippen molar-refractivity contribution < 1.29 is 9.22 Å². The molecule has 0 amide bonds. The normalized spacial score (nSPS) is 10.2. The van der Waals surface area contributed by atoms with Gasteiger partial charge in [0.05, 0.1) is 6.61 Å². The summed E-state index contributed by atoms with van der Waals surface area (Å²) < 4.78 is 4.70. The molecule has 3 heteroatoms. The molecule has 2 nitrogen and oxygen atoms in total. The van der Waals surface area contributed by atoms with Crippen LogP contribution in [-0.2, 0) is 9.22 Å². The Bertz CT molecular complexity index is 37.8. The van der Waals surface area contributed by atoms with E-state index in [0.29, 0.717) is 0 Å². The first-order chi connectivity index (χ1) is 2.91. The Kier molecular flexibility index (Phi) is 4.72. The Balaban J connectivity index is 2.49. The molecule has 0 aliphatic rings. The summed E-state index contributed by atoms with van der Waals surface area (Å²) in [6.07, 6.45) is 1.63. The number of carbonyl (C=O) groups excluding carboxylic acids is 1. The van der Waals surface area contributed by atoms with Gasteiger partial charge in [0.25, 0.3) is 0 Å². The molecule has 0 aromatic rings. The first-order valence-electron chi connectivity index (χ1n) is 1.84. The molecular formula is C3H7O2Si. The minimum absolute atomic E-state index is 0.169. The summed E-state index contributed by atoms with van der Waals surface area (Å²) in [6, 6.07) is 0. The first kappa shape index (κ1) is 5.85. The SMILES string of the molecule is C[SiH2]OC[C]=O. The highest BCUT2D eigenvalue weighted by molar-refractivity contribution is 6.25. The molecule has 0 fully saturated rings. The van der Waals surface area contributed by atoms with Gasteiger partial charge >= 0.3 is 0 Å². The van der Waals surface area contributed by atoms with Crippen molar-refractivity contribution in [3.63, 3.8) is 0 Å². The molecule has 0 aliphatic heterocycles. The summed E-state index contributed by atoms with van der Waals surface area (Å²) in [5.74, 6) is 0. The van der Waals surface area contributed by atoms with Crippen molar-refractivity contribution in [1.29, 1.82) is 0 Å². The van der Waals surface area contributed by atoms with E-state index >= 15 is 0 Å². The minimum Gasteiger partial charge on any atom is -0.416 e. The molecular weight excluding hydrogens is 96.1 g/mol. The molecule has 6 heavy (non-hydrogen) atoms. The van der Waals surface area contributed by atoms with E-state index in [1.54, 1.807) is 6.29 Å². The van der Waals surface area contributed by atoms with Crippen molar-refractivity contribution >= 4 is 16.0 Å². The van der Waals surface area contributed by atoms with Gasteiger partial charge in [-0.3, -0.25) is 4.79 Å². The molecule has 1 radical (unpaired) electrons. The maximum absolute atomic E-state index is 9.34. The topological polar surface area (TPSA) is 26.3 Å². The fourth-order valence-corrected chi connectivity index (χ4v) is 0.431. The lowest BCUT2D eigenvalue weighted by molar-refractivity contribution is 0.389. The molecule has 0 atom stereocenters. The van der Waals surface area contributed by atoms with Crippen molar-refractivity contribution in [3.05, 3.63) is 0 Å². The van der Waals surface area contributed by atoms with Crippen LogP contribution in [0.25, 0.3) is 0 Å². The van der Waals surface area contributed by atoms with Gasteiger partial charge in [0.2, 0.25) is 6.29 Å². The predicted molar refractivity (Wildman–Crippen MR) is 26.1 cm³/mol.